The lowest BCUT2D eigenvalue weighted by Crippen LogP contribution is -2.46. The molecular formula is C13H17ClN2O. The van der Waals surface area contributed by atoms with Gasteiger partial charge in [-0.2, -0.15) is 0 Å². The molecular weight excluding hydrogens is 236 g/mol. The van der Waals surface area contributed by atoms with Crippen molar-refractivity contribution < 1.29 is 4.79 Å². The first-order valence-electron chi connectivity index (χ1n) is 5.92. The molecule has 1 aromatic rings. The quantitative estimate of drug-likeness (QED) is 0.875. The van der Waals surface area contributed by atoms with Crippen LogP contribution in [0, 0.1) is 0 Å². The molecule has 1 aliphatic rings. The van der Waals surface area contributed by atoms with E-state index < -0.39 is 0 Å². The normalized spacial score (nSPS) is 20.0. The van der Waals surface area contributed by atoms with Crippen LogP contribution in [0.3, 0.4) is 0 Å². The average molecular weight is 253 g/mol. The zero-order valence-electron chi connectivity index (χ0n) is 9.95. The molecule has 1 fully saturated rings. The van der Waals surface area contributed by atoms with E-state index >= 15 is 0 Å². The smallest absolute Gasteiger partial charge is 0.253 e. The molecule has 1 aromatic carbocycles. The van der Waals surface area contributed by atoms with E-state index in [2.05, 4.69) is 5.32 Å². The highest BCUT2D eigenvalue weighted by Crippen LogP contribution is 2.15. The molecule has 4 heteroatoms. The van der Waals surface area contributed by atoms with Crippen LogP contribution in [0.5, 0.6) is 0 Å². The van der Waals surface area contributed by atoms with Crippen LogP contribution in [0.25, 0.3) is 0 Å². The fourth-order valence-electron chi connectivity index (χ4n) is 2.15. The summed E-state index contributed by atoms with van der Waals surface area (Å²) in [5, 5.41) is 3.92. The number of hydrogen-bond donors (Lipinski definition) is 1. The third-order valence-electron chi connectivity index (χ3n) is 3.21. The number of halogens is 1. The minimum atomic E-state index is 0.0428. The number of amides is 1. The van der Waals surface area contributed by atoms with E-state index in [9.17, 15) is 4.79 Å². The van der Waals surface area contributed by atoms with Crippen molar-refractivity contribution in [2.45, 2.75) is 18.9 Å². The lowest BCUT2D eigenvalue weighted by atomic mass is 10.1. The third kappa shape index (κ3) is 2.99. The molecule has 3 nitrogen and oxygen atoms in total. The molecule has 0 radical (unpaired) electrons. The van der Waals surface area contributed by atoms with Gasteiger partial charge in [-0.05, 0) is 37.6 Å². The van der Waals surface area contributed by atoms with Crippen LogP contribution in [0.4, 0.5) is 0 Å². The number of likely N-dealkylation sites (N-methyl/N-ethyl adjacent to an activating group) is 1. The van der Waals surface area contributed by atoms with Crippen molar-refractivity contribution in [3.8, 4) is 0 Å². The Kier molecular flexibility index (Phi) is 4.02. The minimum Gasteiger partial charge on any atom is -0.337 e. The van der Waals surface area contributed by atoms with Gasteiger partial charge in [0.1, 0.15) is 0 Å². The Morgan fingerprint density at radius 2 is 2.35 bits per heavy atom. The van der Waals surface area contributed by atoms with Gasteiger partial charge in [0.15, 0.2) is 0 Å². The predicted octanol–water partition coefficient (Wildman–Crippen LogP) is 2.16. The van der Waals surface area contributed by atoms with Crippen LogP contribution in [0.1, 0.15) is 23.2 Å². The zero-order chi connectivity index (χ0) is 12.3. The summed E-state index contributed by atoms with van der Waals surface area (Å²) in [5.41, 5.74) is 0.658. The van der Waals surface area contributed by atoms with E-state index in [0.717, 1.165) is 25.9 Å². The number of rotatable bonds is 2. The number of hydrogen-bond acceptors (Lipinski definition) is 2. The third-order valence-corrected chi connectivity index (χ3v) is 3.45. The number of nitrogens with zero attached hydrogens (tertiary/aromatic N) is 1. The molecule has 0 saturated carbocycles. The molecule has 1 heterocycles. The fourth-order valence-corrected chi connectivity index (χ4v) is 2.35. The molecule has 17 heavy (non-hydrogen) atoms. The van der Waals surface area contributed by atoms with Gasteiger partial charge in [0.2, 0.25) is 0 Å². The maximum absolute atomic E-state index is 12.2. The molecule has 1 N–H and O–H groups in total. The van der Waals surface area contributed by atoms with E-state index in [-0.39, 0.29) is 11.9 Å². The van der Waals surface area contributed by atoms with Crippen LogP contribution in [-0.2, 0) is 0 Å². The van der Waals surface area contributed by atoms with Gasteiger partial charge < -0.3 is 10.2 Å². The van der Waals surface area contributed by atoms with Gasteiger partial charge in [0.05, 0.1) is 0 Å². The van der Waals surface area contributed by atoms with Crippen LogP contribution in [0.2, 0.25) is 5.02 Å². The molecule has 1 atom stereocenters. The first kappa shape index (κ1) is 12.4. The Balaban J connectivity index is 2.08. The average Bonchev–Trinajstić information content (AvgIpc) is 2.38. The lowest BCUT2D eigenvalue weighted by molar-refractivity contribution is 0.0708. The molecule has 1 aliphatic heterocycles. The summed E-state index contributed by atoms with van der Waals surface area (Å²) in [7, 11) is 1.86. The predicted molar refractivity (Wildman–Crippen MR) is 69.4 cm³/mol. The van der Waals surface area contributed by atoms with E-state index in [0.29, 0.717) is 10.6 Å². The summed E-state index contributed by atoms with van der Waals surface area (Å²) in [4.78, 5) is 14.1. The Bertz CT molecular complexity index is 402. The summed E-state index contributed by atoms with van der Waals surface area (Å²) in [5.74, 6) is 0.0428. The van der Waals surface area contributed by atoms with Gasteiger partial charge in [-0.15, -0.1) is 0 Å². The second-order valence-corrected chi connectivity index (χ2v) is 4.86. The van der Waals surface area contributed by atoms with Gasteiger partial charge in [-0.25, -0.2) is 0 Å². The van der Waals surface area contributed by atoms with Crippen molar-refractivity contribution in [3.63, 3.8) is 0 Å². The Morgan fingerprint density at radius 1 is 1.53 bits per heavy atom. The number of piperidine rings is 1. The summed E-state index contributed by atoms with van der Waals surface area (Å²) in [6.45, 7) is 1.93. The van der Waals surface area contributed by atoms with Crippen molar-refractivity contribution in [3.05, 3.63) is 34.9 Å². The van der Waals surface area contributed by atoms with E-state index in [1.54, 1.807) is 18.2 Å². The fraction of sp³-hybridized carbons (Fsp3) is 0.462. The summed E-state index contributed by atoms with van der Waals surface area (Å²) in [6, 6.07) is 7.40. The van der Waals surface area contributed by atoms with Crippen molar-refractivity contribution in [2.24, 2.45) is 0 Å². The summed E-state index contributed by atoms with van der Waals surface area (Å²) < 4.78 is 0. The largest absolute Gasteiger partial charge is 0.337 e. The van der Waals surface area contributed by atoms with Gasteiger partial charge in [-0.3, -0.25) is 4.79 Å². The maximum Gasteiger partial charge on any atom is 0.253 e. The first-order chi connectivity index (χ1) is 8.18. The number of nitrogens with one attached hydrogen (secondary N) is 1. The van der Waals surface area contributed by atoms with E-state index in [1.165, 1.54) is 0 Å². The molecule has 0 aliphatic carbocycles. The van der Waals surface area contributed by atoms with Gasteiger partial charge in [-0.1, -0.05) is 17.7 Å². The first-order valence-corrected chi connectivity index (χ1v) is 6.30. The van der Waals surface area contributed by atoms with Gasteiger partial charge >= 0.3 is 0 Å². The van der Waals surface area contributed by atoms with Crippen LogP contribution in [-0.4, -0.2) is 37.0 Å². The molecule has 0 bridgehead atoms. The number of carbonyl (C=O) groups is 1. The molecule has 0 unspecified atom stereocenters. The standard InChI is InChI=1S/C13H17ClN2O/c1-16(12-6-3-7-15-9-12)13(17)10-4-2-5-11(14)8-10/h2,4-5,8,12,15H,3,6-7,9H2,1H3/t12-/m0/s1. The van der Waals surface area contributed by atoms with Crippen LogP contribution < -0.4 is 5.32 Å². The zero-order valence-corrected chi connectivity index (χ0v) is 10.7. The molecule has 92 valence electrons. The number of benzene rings is 1. The second-order valence-electron chi connectivity index (χ2n) is 4.43. The maximum atomic E-state index is 12.2. The molecule has 2 rings (SSSR count). The second kappa shape index (κ2) is 5.52. The lowest BCUT2D eigenvalue weighted by Gasteiger charge is -2.31. The number of carbonyl (C=O) groups excluding carboxylic acids is 1. The van der Waals surface area contributed by atoms with Crippen molar-refractivity contribution >= 4 is 17.5 Å². The van der Waals surface area contributed by atoms with Crippen molar-refractivity contribution in [1.82, 2.24) is 10.2 Å². The molecule has 1 saturated heterocycles. The molecule has 0 aromatic heterocycles. The summed E-state index contributed by atoms with van der Waals surface area (Å²) in [6.07, 6.45) is 2.19. The molecule has 1 amide bonds. The monoisotopic (exact) mass is 252 g/mol. The van der Waals surface area contributed by atoms with Crippen LogP contribution >= 0.6 is 11.6 Å². The highest BCUT2D eigenvalue weighted by atomic mass is 35.5. The van der Waals surface area contributed by atoms with E-state index in [1.807, 2.05) is 18.0 Å². The van der Waals surface area contributed by atoms with Crippen LogP contribution in [0.15, 0.2) is 24.3 Å². The SMILES string of the molecule is CN(C(=O)c1cccc(Cl)c1)[C@H]1CCCNC1. The van der Waals surface area contributed by atoms with Crippen molar-refractivity contribution in [1.29, 1.82) is 0 Å². The molecule has 0 spiro atoms. The topological polar surface area (TPSA) is 32.3 Å². The van der Waals surface area contributed by atoms with E-state index in [4.69, 9.17) is 11.6 Å². The summed E-state index contributed by atoms with van der Waals surface area (Å²) >= 11 is 5.90. The Hall–Kier alpha value is -1.06. The highest BCUT2D eigenvalue weighted by Gasteiger charge is 2.22. The van der Waals surface area contributed by atoms with Gasteiger partial charge in [0.25, 0.3) is 5.91 Å². The highest BCUT2D eigenvalue weighted by molar-refractivity contribution is 6.30. The Morgan fingerprint density at radius 3 is 3.00 bits per heavy atom. The minimum absolute atomic E-state index is 0.0428. The van der Waals surface area contributed by atoms with Gasteiger partial charge in [0, 0.05) is 30.2 Å². The van der Waals surface area contributed by atoms with Crippen molar-refractivity contribution in [2.75, 3.05) is 20.1 Å². The Labute approximate surface area is 107 Å².